The SMILES string of the molecule is Cc1c(O)cccc1C1CCOCC1. The molecule has 1 fully saturated rings. The van der Waals surface area contributed by atoms with Crippen LogP contribution in [0.3, 0.4) is 0 Å². The van der Waals surface area contributed by atoms with Gasteiger partial charge in [-0.1, -0.05) is 12.1 Å². The highest BCUT2D eigenvalue weighted by molar-refractivity contribution is 5.40. The second-order valence-electron chi connectivity index (χ2n) is 3.88. The molecule has 1 N–H and O–H groups in total. The molecule has 0 spiro atoms. The van der Waals surface area contributed by atoms with Crippen LogP contribution in [0.5, 0.6) is 5.75 Å². The second kappa shape index (κ2) is 4.01. The first-order valence-corrected chi connectivity index (χ1v) is 5.15. The molecule has 2 rings (SSSR count). The maximum absolute atomic E-state index is 9.60. The summed E-state index contributed by atoms with van der Waals surface area (Å²) in [5.74, 6) is 0.977. The molecule has 2 nitrogen and oxygen atoms in total. The molecule has 1 aliphatic heterocycles. The van der Waals surface area contributed by atoms with Gasteiger partial charge in [0.2, 0.25) is 0 Å². The van der Waals surface area contributed by atoms with Crippen LogP contribution in [-0.4, -0.2) is 18.3 Å². The highest BCUT2D eigenvalue weighted by Gasteiger charge is 2.18. The Hall–Kier alpha value is -1.02. The Balaban J connectivity index is 2.26. The summed E-state index contributed by atoms with van der Waals surface area (Å²) in [7, 11) is 0. The van der Waals surface area contributed by atoms with E-state index in [4.69, 9.17) is 4.74 Å². The van der Waals surface area contributed by atoms with E-state index in [9.17, 15) is 5.11 Å². The van der Waals surface area contributed by atoms with Crippen molar-refractivity contribution in [3.05, 3.63) is 29.3 Å². The molecule has 0 atom stereocenters. The molecule has 1 saturated heterocycles. The lowest BCUT2D eigenvalue weighted by atomic mass is 9.88. The number of aromatic hydroxyl groups is 1. The average Bonchev–Trinajstić information content (AvgIpc) is 2.23. The van der Waals surface area contributed by atoms with E-state index in [1.165, 1.54) is 5.56 Å². The monoisotopic (exact) mass is 192 g/mol. The number of phenols is 1. The van der Waals surface area contributed by atoms with Gasteiger partial charge in [0.05, 0.1) is 0 Å². The van der Waals surface area contributed by atoms with Crippen LogP contribution in [0.1, 0.15) is 29.9 Å². The third kappa shape index (κ3) is 1.75. The molecule has 1 aromatic rings. The smallest absolute Gasteiger partial charge is 0.118 e. The minimum Gasteiger partial charge on any atom is -0.508 e. The van der Waals surface area contributed by atoms with Crippen LogP contribution in [0.15, 0.2) is 18.2 Å². The third-order valence-electron chi connectivity index (χ3n) is 3.01. The van der Waals surface area contributed by atoms with Crippen molar-refractivity contribution in [2.24, 2.45) is 0 Å². The van der Waals surface area contributed by atoms with Gasteiger partial charge in [-0.05, 0) is 42.9 Å². The third-order valence-corrected chi connectivity index (χ3v) is 3.01. The van der Waals surface area contributed by atoms with E-state index in [0.717, 1.165) is 31.6 Å². The molecule has 0 unspecified atom stereocenters. The first kappa shape index (κ1) is 9.53. The maximum Gasteiger partial charge on any atom is 0.118 e. The molecule has 1 heterocycles. The molecular formula is C12H16O2. The van der Waals surface area contributed by atoms with Gasteiger partial charge in [-0.3, -0.25) is 0 Å². The highest BCUT2D eigenvalue weighted by atomic mass is 16.5. The Morgan fingerprint density at radius 2 is 2.00 bits per heavy atom. The standard InChI is InChI=1S/C12H16O2/c1-9-11(3-2-4-12(9)13)10-5-7-14-8-6-10/h2-4,10,13H,5-8H2,1H3. The van der Waals surface area contributed by atoms with Gasteiger partial charge in [0.25, 0.3) is 0 Å². The quantitative estimate of drug-likeness (QED) is 0.741. The summed E-state index contributed by atoms with van der Waals surface area (Å²) in [5, 5.41) is 9.60. The fourth-order valence-corrected chi connectivity index (χ4v) is 2.09. The molecule has 0 radical (unpaired) electrons. The molecular weight excluding hydrogens is 176 g/mol. The van der Waals surface area contributed by atoms with Gasteiger partial charge in [0, 0.05) is 13.2 Å². The Kier molecular flexibility index (Phi) is 2.73. The van der Waals surface area contributed by atoms with Gasteiger partial charge in [-0.2, -0.15) is 0 Å². The fourth-order valence-electron chi connectivity index (χ4n) is 2.09. The van der Waals surface area contributed by atoms with Gasteiger partial charge < -0.3 is 9.84 Å². The van der Waals surface area contributed by atoms with Gasteiger partial charge in [0.1, 0.15) is 5.75 Å². The first-order chi connectivity index (χ1) is 6.79. The summed E-state index contributed by atoms with van der Waals surface area (Å²) in [6.07, 6.45) is 2.15. The largest absolute Gasteiger partial charge is 0.508 e. The lowest BCUT2D eigenvalue weighted by Crippen LogP contribution is -2.14. The van der Waals surface area contributed by atoms with Crippen LogP contribution in [-0.2, 0) is 4.74 Å². The summed E-state index contributed by atoms with van der Waals surface area (Å²) in [6.45, 7) is 3.68. The highest BCUT2D eigenvalue weighted by Crippen LogP contribution is 2.32. The Morgan fingerprint density at radius 3 is 2.71 bits per heavy atom. The number of ether oxygens (including phenoxy) is 1. The van der Waals surface area contributed by atoms with Crippen LogP contribution < -0.4 is 0 Å². The Labute approximate surface area is 84.5 Å². The van der Waals surface area contributed by atoms with Crippen molar-refractivity contribution in [3.8, 4) is 5.75 Å². The molecule has 1 aliphatic rings. The van der Waals surface area contributed by atoms with Crippen LogP contribution >= 0.6 is 0 Å². The van der Waals surface area contributed by atoms with Crippen molar-refractivity contribution < 1.29 is 9.84 Å². The molecule has 0 aromatic heterocycles. The maximum atomic E-state index is 9.60. The van der Waals surface area contributed by atoms with Crippen molar-refractivity contribution >= 4 is 0 Å². The molecule has 2 heteroatoms. The molecule has 0 bridgehead atoms. The molecule has 0 saturated carbocycles. The lowest BCUT2D eigenvalue weighted by Gasteiger charge is -2.24. The van der Waals surface area contributed by atoms with E-state index in [-0.39, 0.29) is 0 Å². The van der Waals surface area contributed by atoms with Crippen LogP contribution in [0.25, 0.3) is 0 Å². The van der Waals surface area contributed by atoms with E-state index < -0.39 is 0 Å². The van der Waals surface area contributed by atoms with Gasteiger partial charge in [-0.25, -0.2) is 0 Å². The van der Waals surface area contributed by atoms with Crippen molar-refractivity contribution in [3.63, 3.8) is 0 Å². The zero-order valence-electron chi connectivity index (χ0n) is 8.49. The van der Waals surface area contributed by atoms with Crippen LogP contribution in [0.4, 0.5) is 0 Å². The Morgan fingerprint density at radius 1 is 1.29 bits per heavy atom. The zero-order chi connectivity index (χ0) is 9.97. The van der Waals surface area contributed by atoms with E-state index >= 15 is 0 Å². The number of benzene rings is 1. The number of rotatable bonds is 1. The van der Waals surface area contributed by atoms with Crippen LogP contribution in [0.2, 0.25) is 0 Å². The van der Waals surface area contributed by atoms with Gasteiger partial charge in [-0.15, -0.1) is 0 Å². The molecule has 14 heavy (non-hydrogen) atoms. The van der Waals surface area contributed by atoms with Crippen molar-refractivity contribution in [2.45, 2.75) is 25.7 Å². The van der Waals surface area contributed by atoms with Gasteiger partial charge in [0.15, 0.2) is 0 Å². The lowest BCUT2D eigenvalue weighted by molar-refractivity contribution is 0.0851. The Bertz CT molecular complexity index is 314. The molecule has 0 amide bonds. The van der Waals surface area contributed by atoms with E-state index in [1.807, 2.05) is 13.0 Å². The molecule has 76 valence electrons. The summed E-state index contributed by atoms with van der Waals surface area (Å²) >= 11 is 0. The number of hydrogen-bond donors (Lipinski definition) is 1. The van der Waals surface area contributed by atoms with Crippen molar-refractivity contribution in [2.75, 3.05) is 13.2 Å². The summed E-state index contributed by atoms with van der Waals surface area (Å²) in [5.41, 5.74) is 2.31. The first-order valence-electron chi connectivity index (χ1n) is 5.15. The summed E-state index contributed by atoms with van der Waals surface area (Å²) in [4.78, 5) is 0. The van der Waals surface area contributed by atoms with E-state index in [0.29, 0.717) is 11.7 Å². The molecule has 0 aliphatic carbocycles. The predicted octanol–water partition coefficient (Wildman–Crippen LogP) is 2.59. The van der Waals surface area contributed by atoms with E-state index in [2.05, 4.69) is 6.07 Å². The molecule has 1 aromatic carbocycles. The normalized spacial score (nSPS) is 18.4. The van der Waals surface area contributed by atoms with Crippen molar-refractivity contribution in [1.82, 2.24) is 0 Å². The minimum atomic E-state index is 0.411. The minimum absolute atomic E-state index is 0.411. The fraction of sp³-hybridized carbons (Fsp3) is 0.500. The zero-order valence-corrected chi connectivity index (χ0v) is 8.49. The number of hydrogen-bond acceptors (Lipinski definition) is 2. The predicted molar refractivity (Wildman–Crippen MR) is 55.6 cm³/mol. The number of phenolic OH excluding ortho intramolecular Hbond substituents is 1. The van der Waals surface area contributed by atoms with E-state index in [1.54, 1.807) is 6.07 Å². The van der Waals surface area contributed by atoms with Crippen LogP contribution in [0, 0.1) is 6.92 Å². The van der Waals surface area contributed by atoms with Crippen molar-refractivity contribution in [1.29, 1.82) is 0 Å². The summed E-state index contributed by atoms with van der Waals surface area (Å²) in [6, 6.07) is 5.79. The topological polar surface area (TPSA) is 29.5 Å². The summed E-state index contributed by atoms with van der Waals surface area (Å²) < 4.78 is 5.33. The second-order valence-corrected chi connectivity index (χ2v) is 3.88. The van der Waals surface area contributed by atoms with Gasteiger partial charge >= 0.3 is 0 Å². The average molecular weight is 192 g/mol.